The standard InChI is InChI=1S/C17H15ClN2O7S/c1-10(16(21)19-15-8-5-12(20(23)24)9-14(15)18)27-17(22)11-3-6-13(7-4-11)28(2,25)26/h3-10H,1-2H3,(H,19,21)/t10-/m0/s1. The highest BCUT2D eigenvalue weighted by Gasteiger charge is 2.21. The summed E-state index contributed by atoms with van der Waals surface area (Å²) in [7, 11) is -3.40. The van der Waals surface area contributed by atoms with E-state index >= 15 is 0 Å². The minimum atomic E-state index is -3.40. The lowest BCUT2D eigenvalue weighted by Crippen LogP contribution is -2.30. The maximum Gasteiger partial charge on any atom is 0.338 e. The second-order valence-corrected chi connectivity index (χ2v) is 8.18. The smallest absolute Gasteiger partial charge is 0.338 e. The Morgan fingerprint density at radius 3 is 2.29 bits per heavy atom. The second-order valence-electron chi connectivity index (χ2n) is 5.75. The van der Waals surface area contributed by atoms with Crippen LogP contribution in [-0.2, 0) is 19.4 Å². The molecule has 2 rings (SSSR count). The number of non-ortho nitro benzene ring substituents is 1. The van der Waals surface area contributed by atoms with Crippen LogP contribution in [0.2, 0.25) is 5.02 Å². The molecule has 0 bridgehead atoms. The van der Waals surface area contributed by atoms with Gasteiger partial charge < -0.3 is 10.1 Å². The maximum absolute atomic E-state index is 12.2. The highest BCUT2D eigenvalue weighted by Crippen LogP contribution is 2.26. The number of sulfone groups is 1. The van der Waals surface area contributed by atoms with E-state index in [0.29, 0.717) is 0 Å². The summed E-state index contributed by atoms with van der Waals surface area (Å²) >= 11 is 5.90. The minimum Gasteiger partial charge on any atom is -0.449 e. The highest BCUT2D eigenvalue weighted by atomic mass is 35.5. The summed E-state index contributed by atoms with van der Waals surface area (Å²) in [5, 5.41) is 13.1. The van der Waals surface area contributed by atoms with Gasteiger partial charge >= 0.3 is 5.97 Å². The number of nitrogens with one attached hydrogen (secondary N) is 1. The lowest BCUT2D eigenvalue weighted by Gasteiger charge is -2.14. The van der Waals surface area contributed by atoms with Crippen molar-refractivity contribution in [3.63, 3.8) is 0 Å². The Kier molecular flexibility index (Phi) is 6.37. The molecule has 0 aliphatic rings. The van der Waals surface area contributed by atoms with E-state index in [1.807, 2.05) is 0 Å². The summed E-state index contributed by atoms with van der Waals surface area (Å²) in [4.78, 5) is 34.4. The van der Waals surface area contributed by atoms with Crippen LogP contribution >= 0.6 is 11.6 Å². The lowest BCUT2D eigenvalue weighted by molar-refractivity contribution is -0.384. The molecule has 1 N–H and O–H groups in total. The van der Waals surface area contributed by atoms with Gasteiger partial charge in [0.15, 0.2) is 15.9 Å². The molecule has 0 aliphatic heterocycles. The molecule has 148 valence electrons. The van der Waals surface area contributed by atoms with Crippen molar-refractivity contribution >= 4 is 44.7 Å². The van der Waals surface area contributed by atoms with E-state index < -0.39 is 32.7 Å². The third kappa shape index (κ3) is 5.27. The third-order valence-corrected chi connectivity index (χ3v) is 5.03. The van der Waals surface area contributed by atoms with Crippen LogP contribution in [0.15, 0.2) is 47.4 Å². The first-order chi connectivity index (χ1) is 13.0. The van der Waals surface area contributed by atoms with Crippen molar-refractivity contribution in [2.24, 2.45) is 0 Å². The normalized spacial score (nSPS) is 12.1. The average Bonchev–Trinajstić information content (AvgIpc) is 2.62. The summed E-state index contributed by atoms with van der Waals surface area (Å²) in [6.45, 7) is 1.33. The van der Waals surface area contributed by atoms with E-state index in [1.54, 1.807) is 0 Å². The number of nitrogens with zero attached hydrogens (tertiary/aromatic N) is 1. The van der Waals surface area contributed by atoms with Crippen LogP contribution < -0.4 is 5.32 Å². The van der Waals surface area contributed by atoms with Crippen molar-refractivity contribution in [1.29, 1.82) is 0 Å². The highest BCUT2D eigenvalue weighted by molar-refractivity contribution is 7.90. The summed E-state index contributed by atoms with van der Waals surface area (Å²) in [5.41, 5.74) is -0.0434. The molecular formula is C17H15ClN2O7S. The Morgan fingerprint density at radius 1 is 1.18 bits per heavy atom. The van der Waals surface area contributed by atoms with Crippen molar-refractivity contribution in [3.05, 3.63) is 63.2 Å². The number of nitro benzene ring substituents is 1. The van der Waals surface area contributed by atoms with Gasteiger partial charge in [0.2, 0.25) is 0 Å². The van der Waals surface area contributed by atoms with Crippen LogP contribution in [0, 0.1) is 10.1 Å². The number of hydrogen-bond acceptors (Lipinski definition) is 7. The molecule has 0 fully saturated rings. The van der Waals surface area contributed by atoms with Crippen LogP contribution in [0.5, 0.6) is 0 Å². The molecule has 0 saturated heterocycles. The Hall–Kier alpha value is -2.98. The van der Waals surface area contributed by atoms with Crippen molar-refractivity contribution in [1.82, 2.24) is 0 Å². The predicted molar refractivity (Wildman–Crippen MR) is 101 cm³/mol. The molecular weight excluding hydrogens is 412 g/mol. The number of carbonyl (C=O) groups is 2. The molecule has 0 unspecified atom stereocenters. The molecule has 0 aliphatic carbocycles. The first-order valence-electron chi connectivity index (χ1n) is 7.75. The number of nitro groups is 1. The van der Waals surface area contributed by atoms with Gasteiger partial charge in [0.05, 0.1) is 26.1 Å². The molecule has 0 radical (unpaired) electrons. The summed E-state index contributed by atoms with van der Waals surface area (Å²) in [6, 6.07) is 8.57. The van der Waals surface area contributed by atoms with Gasteiger partial charge in [0.1, 0.15) is 0 Å². The second kappa shape index (κ2) is 8.36. The Balaban J connectivity index is 2.04. The SMILES string of the molecule is C[C@H](OC(=O)c1ccc(S(C)(=O)=O)cc1)C(=O)Nc1ccc([N+](=O)[O-])cc1Cl. The van der Waals surface area contributed by atoms with Crippen molar-refractivity contribution < 1.29 is 27.7 Å². The first kappa shape index (κ1) is 21.3. The first-order valence-corrected chi connectivity index (χ1v) is 10.0. The zero-order valence-electron chi connectivity index (χ0n) is 14.7. The predicted octanol–water partition coefficient (Wildman–Crippen LogP) is 2.84. The lowest BCUT2D eigenvalue weighted by atomic mass is 10.2. The number of hydrogen-bond donors (Lipinski definition) is 1. The Labute approximate surface area is 165 Å². The van der Waals surface area contributed by atoms with E-state index in [2.05, 4.69) is 5.32 Å². The van der Waals surface area contributed by atoms with Crippen molar-refractivity contribution in [3.8, 4) is 0 Å². The van der Waals surface area contributed by atoms with E-state index in [1.165, 1.54) is 43.3 Å². The number of esters is 1. The molecule has 0 saturated carbocycles. The zero-order valence-corrected chi connectivity index (χ0v) is 16.3. The van der Waals surface area contributed by atoms with Gasteiger partial charge in [-0.15, -0.1) is 0 Å². The quantitative estimate of drug-likeness (QED) is 0.426. The van der Waals surface area contributed by atoms with Gasteiger partial charge in [0.25, 0.3) is 11.6 Å². The number of amides is 1. The summed E-state index contributed by atoms with van der Waals surface area (Å²) in [5.74, 6) is -1.52. The van der Waals surface area contributed by atoms with Crippen LogP contribution in [0.4, 0.5) is 11.4 Å². The largest absolute Gasteiger partial charge is 0.449 e. The van der Waals surface area contributed by atoms with Gasteiger partial charge in [-0.3, -0.25) is 14.9 Å². The number of anilines is 1. The zero-order chi connectivity index (χ0) is 21.1. The van der Waals surface area contributed by atoms with Crippen LogP contribution in [0.1, 0.15) is 17.3 Å². The molecule has 28 heavy (non-hydrogen) atoms. The molecule has 0 aromatic heterocycles. The van der Waals surface area contributed by atoms with Crippen LogP contribution in [-0.4, -0.2) is 37.6 Å². The monoisotopic (exact) mass is 426 g/mol. The molecule has 2 aromatic rings. The Bertz CT molecular complexity index is 1040. The number of ether oxygens (including phenoxy) is 1. The molecule has 0 heterocycles. The molecule has 0 spiro atoms. The number of rotatable bonds is 6. The van der Waals surface area contributed by atoms with Gasteiger partial charge in [-0.1, -0.05) is 11.6 Å². The summed E-state index contributed by atoms with van der Waals surface area (Å²) < 4.78 is 27.9. The number of carbonyl (C=O) groups excluding carboxylic acids is 2. The van der Waals surface area contributed by atoms with Gasteiger partial charge in [-0.25, -0.2) is 13.2 Å². The molecule has 11 heteroatoms. The van der Waals surface area contributed by atoms with Crippen LogP contribution in [0.25, 0.3) is 0 Å². The number of benzene rings is 2. The average molecular weight is 427 g/mol. The van der Waals surface area contributed by atoms with E-state index in [-0.39, 0.29) is 26.9 Å². The topological polar surface area (TPSA) is 133 Å². The fourth-order valence-electron chi connectivity index (χ4n) is 2.07. The number of halogens is 1. The Morgan fingerprint density at radius 2 is 1.79 bits per heavy atom. The van der Waals surface area contributed by atoms with Crippen LogP contribution in [0.3, 0.4) is 0 Å². The van der Waals surface area contributed by atoms with Gasteiger partial charge in [0, 0.05) is 18.4 Å². The fourth-order valence-corrected chi connectivity index (χ4v) is 2.93. The molecule has 1 amide bonds. The molecule has 1 atom stereocenters. The van der Waals surface area contributed by atoms with Gasteiger partial charge in [-0.05, 0) is 37.3 Å². The fraction of sp³-hybridized carbons (Fsp3) is 0.176. The van der Waals surface area contributed by atoms with Gasteiger partial charge in [-0.2, -0.15) is 0 Å². The minimum absolute atomic E-state index is 0.0440. The molecule has 2 aromatic carbocycles. The molecule has 9 nitrogen and oxygen atoms in total. The third-order valence-electron chi connectivity index (χ3n) is 3.59. The van der Waals surface area contributed by atoms with Crippen molar-refractivity contribution in [2.75, 3.05) is 11.6 Å². The van der Waals surface area contributed by atoms with E-state index in [9.17, 15) is 28.1 Å². The maximum atomic E-state index is 12.2. The summed E-state index contributed by atoms with van der Waals surface area (Å²) in [6.07, 6.45) is -0.163. The van der Waals surface area contributed by atoms with E-state index in [0.717, 1.165) is 12.3 Å². The van der Waals surface area contributed by atoms with E-state index in [4.69, 9.17) is 16.3 Å². The van der Waals surface area contributed by atoms with Crippen molar-refractivity contribution in [2.45, 2.75) is 17.9 Å².